The SMILES string of the molecule is CCCCCC/C=C\CCCCCCCC(=O)NC(COC1OC(CO)C(OC2OC(CO)C(OC3OC(CO)C(O)C(O)C3O)C(O)C2O)C(O)C1O)C(O)/C=C/CC/C=C/CCCCCCCCCCCCCCCCCCCCCCCCCCCC. The number of hydrogen-bond donors (Lipinski definition) is 12. The first-order valence-electron chi connectivity index (χ1n) is 36.2. The fourth-order valence-corrected chi connectivity index (χ4v) is 12.3. The molecule has 3 rings (SSSR count). The summed E-state index contributed by atoms with van der Waals surface area (Å²) in [4.78, 5) is 13.3. The summed E-state index contributed by atoms with van der Waals surface area (Å²) in [6.45, 7) is 1.71. The van der Waals surface area contributed by atoms with Crippen molar-refractivity contribution < 1.29 is 89.4 Å². The van der Waals surface area contributed by atoms with E-state index in [-0.39, 0.29) is 18.9 Å². The van der Waals surface area contributed by atoms with Crippen molar-refractivity contribution in [3.8, 4) is 0 Å². The number of hydrogen-bond acceptors (Lipinski definition) is 18. The van der Waals surface area contributed by atoms with Crippen molar-refractivity contribution in [1.82, 2.24) is 5.32 Å². The fraction of sp³-hybridized carbons (Fsp3) is 0.901. The van der Waals surface area contributed by atoms with E-state index in [0.29, 0.717) is 12.8 Å². The van der Waals surface area contributed by atoms with E-state index in [1.807, 2.05) is 6.08 Å². The van der Waals surface area contributed by atoms with Gasteiger partial charge in [-0.15, -0.1) is 0 Å². The van der Waals surface area contributed by atoms with Gasteiger partial charge in [-0.3, -0.25) is 4.79 Å². The summed E-state index contributed by atoms with van der Waals surface area (Å²) in [5.74, 6) is -0.293. The van der Waals surface area contributed by atoms with Gasteiger partial charge in [0.2, 0.25) is 5.91 Å². The predicted molar refractivity (Wildman–Crippen MR) is 351 cm³/mol. The topological polar surface area (TPSA) is 307 Å². The zero-order valence-corrected chi connectivity index (χ0v) is 55.9. The standard InChI is InChI=1S/C71H131NO18/c1-3-5-7-9-11-13-15-17-18-19-20-21-22-23-24-25-26-27-28-29-30-31-32-33-34-35-37-38-40-42-44-46-48-55(76)54(72-59(77)49-47-45-43-41-39-36-16-14-12-10-8-6-4-2)53-85-69-65(83)62(80)67(57(51-74)87-69)90-71-66(84)63(81)68(58(52-75)88-71)89-70-64(82)61(79)60(78)56(50-73)86-70/h14,16,38,40,46,48,54-58,60-71,73-76,78-84H,3-13,15,17-37,39,41-45,47,49-53H2,1-2H3,(H,72,77)/b16-14-,40-38+,48-46+. The largest absolute Gasteiger partial charge is 0.394 e. The van der Waals surface area contributed by atoms with Gasteiger partial charge in [0.05, 0.1) is 38.6 Å². The van der Waals surface area contributed by atoms with Crippen LogP contribution in [0, 0.1) is 0 Å². The summed E-state index contributed by atoms with van der Waals surface area (Å²) in [5.41, 5.74) is 0. The molecule has 3 aliphatic heterocycles. The van der Waals surface area contributed by atoms with E-state index in [2.05, 4.69) is 43.5 Å². The number of rotatable bonds is 56. The van der Waals surface area contributed by atoms with Crippen molar-refractivity contribution >= 4 is 5.91 Å². The Morgan fingerprint density at radius 3 is 1.12 bits per heavy atom. The van der Waals surface area contributed by atoms with E-state index < -0.39 is 124 Å². The molecular weight excluding hydrogens is 1150 g/mol. The van der Waals surface area contributed by atoms with E-state index in [0.717, 1.165) is 57.8 Å². The van der Waals surface area contributed by atoms with Crippen LogP contribution in [0.1, 0.15) is 277 Å². The van der Waals surface area contributed by atoms with E-state index in [1.54, 1.807) is 6.08 Å². The van der Waals surface area contributed by atoms with Crippen LogP contribution >= 0.6 is 0 Å². The first-order chi connectivity index (χ1) is 43.8. The molecule has 0 saturated carbocycles. The van der Waals surface area contributed by atoms with Gasteiger partial charge in [-0.05, 0) is 57.8 Å². The molecule has 12 N–H and O–H groups in total. The van der Waals surface area contributed by atoms with Gasteiger partial charge in [0.1, 0.15) is 73.2 Å². The third kappa shape index (κ3) is 34.6. The Bertz CT molecular complexity index is 1780. The Balaban J connectivity index is 1.38. The fourth-order valence-electron chi connectivity index (χ4n) is 12.3. The highest BCUT2D eigenvalue weighted by molar-refractivity contribution is 5.76. The van der Waals surface area contributed by atoms with Crippen LogP contribution in [-0.4, -0.2) is 193 Å². The number of carbonyl (C=O) groups is 1. The van der Waals surface area contributed by atoms with Gasteiger partial charge >= 0.3 is 0 Å². The second kappa shape index (κ2) is 53.2. The zero-order valence-electron chi connectivity index (χ0n) is 55.9. The number of aliphatic hydroxyl groups is 11. The summed E-state index contributed by atoms with van der Waals surface area (Å²) in [6.07, 6.45) is 35.9. The van der Waals surface area contributed by atoms with Crippen molar-refractivity contribution in [2.24, 2.45) is 0 Å². The van der Waals surface area contributed by atoms with Crippen molar-refractivity contribution in [3.05, 3.63) is 36.5 Å². The molecule has 0 aromatic rings. The highest BCUT2D eigenvalue weighted by Crippen LogP contribution is 2.33. The number of allylic oxidation sites excluding steroid dienone is 5. The maximum absolute atomic E-state index is 13.3. The average Bonchev–Trinajstić information content (AvgIpc) is 0.851. The molecule has 0 spiro atoms. The molecule has 0 radical (unpaired) electrons. The van der Waals surface area contributed by atoms with Crippen molar-refractivity contribution in [1.29, 1.82) is 0 Å². The molecule has 19 heteroatoms. The first-order valence-corrected chi connectivity index (χ1v) is 36.2. The van der Waals surface area contributed by atoms with E-state index >= 15 is 0 Å². The van der Waals surface area contributed by atoms with Crippen LogP contribution in [0.3, 0.4) is 0 Å². The molecular formula is C71H131NO18. The van der Waals surface area contributed by atoms with Crippen LogP contribution in [0.4, 0.5) is 0 Å². The van der Waals surface area contributed by atoms with Crippen molar-refractivity contribution in [3.63, 3.8) is 0 Å². The molecule has 17 atom stereocenters. The quantitative estimate of drug-likeness (QED) is 0.0199. The van der Waals surface area contributed by atoms with Crippen LogP contribution < -0.4 is 5.32 Å². The predicted octanol–water partition coefficient (Wildman–Crippen LogP) is 10.00. The van der Waals surface area contributed by atoms with E-state index in [1.165, 1.54) is 186 Å². The van der Waals surface area contributed by atoms with Crippen LogP contribution in [0.15, 0.2) is 36.5 Å². The lowest BCUT2D eigenvalue weighted by atomic mass is 9.96. The monoisotopic (exact) mass is 1290 g/mol. The molecule has 0 aromatic carbocycles. The van der Waals surface area contributed by atoms with Gasteiger partial charge in [-0.1, -0.05) is 249 Å². The van der Waals surface area contributed by atoms with Gasteiger partial charge in [0, 0.05) is 6.42 Å². The minimum atomic E-state index is -1.98. The Morgan fingerprint density at radius 2 is 0.711 bits per heavy atom. The molecule has 19 nitrogen and oxygen atoms in total. The van der Waals surface area contributed by atoms with Gasteiger partial charge in [0.15, 0.2) is 18.9 Å². The molecule has 528 valence electrons. The second-order valence-corrected chi connectivity index (χ2v) is 26.0. The number of unbranched alkanes of at least 4 members (excludes halogenated alkanes) is 36. The molecule has 3 saturated heterocycles. The minimum Gasteiger partial charge on any atom is -0.394 e. The van der Waals surface area contributed by atoms with Crippen LogP contribution in [-0.2, 0) is 33.2 Å². The Hall–Kier alpha value is -1.99. The molecule has 3 fully saturated rings. The van der Waals surface area contributed by atoms with Crippen LogP contribution in [0.2, 0.25) is 0 Å². The molecule has 0 aromatic heterocycles. The summed E-state index contributed by atoms with van der Waals surface area (Å²) in [6, 6.07) is -0.994. The van der Waals surface area contributed by atoms with Gasteiger partial charge in [-0.25, -0.2) is 0 Å². The number of nitrogens with one attached hydrogen (secondary N) is 1. The number of ether oxygens (including phenoxy) is 6. The van der Waals surface area contributed by atoms with Gasteiger partial charge in [-0.2, -0.15) is 0 Å². The Labute approximate surface area is 542 Å². The number of amides is 1. The number of carbonyl (C=O) groups excluding carboxylic acids is 1. The Morgan fingerprint density at radius 1 is 0.389 bits per heavy atom. The number of aliphatic hydroxyl groups excluding tert-OH is 11. The van der Waals surface area contributed by atoms with Gasteiger partial charge in [0.25, 0.3) is 0 Å². The smallest absolute Gasteiger partial charge is 0.220 e. The lowest BCUT2D eigenvalue weighted by molar-refractivity contribution is -0.379. The second-order valence-electron chi connectivity index (χ2n) is 26.0. The molecule has 3 aliphatic rings. The molecule has 3 heterocycles. The third-order valence-electron chi connectivity index (χ3n) is 18.2. The minimum absolute atomic E-state index is 0.226. The van der Waals surface area contributed by atoms with E-state index in [9.17, 15) is 61.0 Å². The average molecular weight is 1290 g/mol. The normalized spacial score (nSPS) is 28.2. The van der Waals surface area contributed by atoms with Crippen molar-refractivity contribution in [2.45, 2.75) is 381 Å². The highest BCUT2D eigenvalue weighted by atomic mass is 16.8. The van der Waals surface area contributed by atoms with E-state index in [4.69, 9.17) is 28.4 Å². The Kier molecular flexibility index (Phi) is 48.6. The molecule has 0 bridgehead atoms. The van der Waals surface area contributed by atoms with Gasteiger partial charge < -0.3 is 89.9 Å². The first kappa shape index (κ1) is 82.2. The summed E-state index contributed by atoms with van der Waals surface area (Å²) in [7, 11) is 0. The lowest BCUT2D eigenvalue weighted by Crippen LogP contribution is -2.66. The zero-order chi connectivity index (χ0) is 65.4. The molecule has 0 aliphatic carbocycles. The van der Waals surface area contributed by atoms with Crippen LogP contribution in [0.5, 0.6) is 0 Å². The van der Waals surface area contributed by atoms with Crippen LogP contribution in [0.25, 0.3) is 0 Å². The summed E-state index contributed by atoms with van der Waals surface area (Å²) >= 11 is 0. The molecule has 1 amide bonds. The summed E-state index contributed by atoms with van der Waals surface area (Å²) < 4.78 is 34.3. The third-order valence-corrected chi connectivity index (χ3v) is 18.2. The lowest BCUT2D eigenvalue weighted by Gasteiger charge is -2.48. The van der Waals surface area contributed by atoms with Crippen molar-refractivity contribution in [2.75, 3.05) is 26.4 Å². The highest BCUT2D eigenvalue weighted by Gasteiger charge is 2.53. The molecule has 17 unspecified atom stereocenters. The maximum atomic E-state index is 13.3. The maximum Gasteiger partial charge on any atom is 0.220 e. The summed E-state index contributed by atoms with van der Waals surface area (Å²) in [5, 5.41) is 120. The molecule has 90 heavy (non-hydrogen) atoms.